The normalized spacial score (nSPS) is 12.2. The molecule has 1 N–H and O–H groups in total. The second-order valence-corrected chi connectivity index (χ2v) is 4.46. The molecule has 0 amide bonds. The summed E-state index contributed by atoms with van der Waals surface area (Å²) in [5.41, 5.74) is 0. The molecule has 0 aliphatic heterocycles. The fourth-order valence-corrected chi connectivity index (χ4v) is 2.30. The molecule has 0 saturated carbocycles. The average molecular weight is 250 g/mol. The first kappa shape index (κ1) is 11.6. The van der Waals surface area contributed by atoms with Crippen molar-refractivity contribution in [2.45, 2.75) is 12.3 Å². The number of furan rings is 1. The van der Waals surface area contributed by atoms with Gasteiger partial charge in [0.05, 0.1) is 23.5 Å². The highest BCUT2D eigenvalue weighted by Crippen LogP contribution is 2.26. The van der Waals surface area contributed by atoms with Crippen LogP contribution in [0.5, 0.6) is 0 Å². The molecule has 88 valence electrons. The summed E-state index contributed by atoms with van der Waals surface area (Å²) in [7, 11) is 0. The Morgan fingerprint density at radius 3 is 2.71 bits per heavy atom. The van der Waals surface area contributed by atoms with Crippen molar-refractivity contribution >= 4 is 23.1 Å². The molecule has 0 aliphatic rings. The third kappa shape index (κ3) is 2.62. The van der Waals surface area contributed by atoms with Gasteiger partial charge in [-0.15, -0.1) is 11.3 Å². The van der Waals surface area contributed by atoms with E-state index in [0.717, 1.165) is 0 Å². The van der Waals surface area contributed by atoms with Gasteiger partial charge in [-0.3, -0.25) is 9.59 Å². The first-order chi connectivity index (χ1) is 8.18. The molecule has 5 heteroatoms. The molecular formula is C12H10O4S. The van der Waals surface area contributed by atoms with Crippen molar-refractivity contribution in [1.82, 2.24) is 0 Å². The highest BCUT2D eigenvalue weighted by atomic mass is 32.1. The third-order valence-corrected chi connectivity index (χ3v) is 3.23. The van der Waals surface area contributed by atoms with Gasteiger partial charge in [-0.1, -0.05) is 6.07 Å². The second kappa shape index (κ2) is 4.97. The zero-order valence-corrected chi connectivity index (χ0v) is 9.65. The molecule has 4 nitrogen and oxygen atoms in total. The fraction of sp³-hybridized carbons (Fsp3) is 0.167. The van der Waals surface area contributed by atoms with Crippen molar-refractivity contribution in [1.29, 1.82) is 0 Å². The molecule has 0 spiro atoms. The van der Waals surface area contributed by atoms with E-state index < -0.39 is 11.9 Å². The number of carbonyl (C=O) groups excluding carboxylic acids is 1. The fourth-order valence-electron chi connectivity index (χ4n) is 1.58. The van der Waals surface area contributed by atoms with Crippen molar-refractivity contribution in [2.24, 2.45) is 0 Å². The van der Waals surface area contributed by atoms with E-state index in [1.165, 1.54) is 17.6 Å². The number of aliphatic carboxylic acids is 1. The number of ketones is 1. The number of carboxylic acids is 1. The van der Waals surface area contributed by atoms with Gasteiger partial charge in [0, 0.05) is 0 Å². The smallest absolute Gasteiger partial charge is 0.304 e. The molecular weight excluding hydrogens is 240 g/mol. The summed E-state index contributed by atoms with van der Waals surface area (Å²) >= 11 is 1.30. The standard InChI is InChI=1S/C12H10O4S/c13-11(14)7-8(9-3-1-5-16-9)12(15)10-4-2-6-17-10/h1-6,8H,7H2,(H,13,14). The summed E-state index contributed by atoms with van der Waals surface area (Å²) in [5.74, 6) is -1.58. The van der Waals surface area contributed by atoms with Crippen LogP contribution in [0, 0.1) is 0 Å². The Labute approximate surface area is 102 Å². The van der Waals surface area contributed by atoms with Gasteiger partial charge in [-0.2, -0.15) is 0 Å². The average Bonchev–Trinajstić information content (AvgIpc) is 2.96. The molecule has 1 unspecified atom stereocenters. The van der Waals surface area contributed by atoms with Crippen LogP contribution < -0.4 is 0 Å². The number of Topliss-reactive ketones (excluding diaryl/α,β-unsaturated/α-hetero) is 1. The molecule has 17 heavy (non-hydrogen) atoms. The Morgan fingerprint density at radius 1 is 1.35 bits per heavy atom. The van der Waals surface area contributed by atoms with Crippen molar-refractivity contribution in [3.8, 4) is 0 Å². The quantitative estimate of drug-likeness (QED) is 0.828. The molecule has 0 saturated heterocycles. The van der Waals surface area contributed by atoms with Gasteiger partial charge >= 0.3 is 5.97 Å². The topological polar surface area (TPSA) is 67.5 Å². The van der Waals surface area contributed by atoms with Crippen molar-refractivity contribution in [3.05, 3.63) is 46.5 Å². The highest BCUT2D eigenvalue weighted by Gasteiger charge is 2.27. The van der Waals surface area contributed by atoms with E-state index in [-0.39, 0.29) is 12.2 Å². The van der Waals surface area contributed by atoms with Crippen molar-refractivity contribution in [2.75, 3.05) is 0 Å². The number of hydrogen-bond acceptors (Lipinski definition) is 4. The Balaban J connectivity index is 2.28. The predicted octanol–water partition coefficient (Wildman–Crippen LogP) is 2.78. The monoisotopic (exact) mass is 250 g/mol. The van der Waals surface area contributed by atoms with Crippen LogP contribution in [0.1, 0.15) is 27.8 Å². The minimum absolute atomic E-state index is 0.211. The maximum Gasteiger partial charge on any atom is 0.304 e. The molecule has 2 rings (SSSR count). The number of rotatable bonds is 5. The van der Waals surface area contributed by atoms with Crippen LogP contribution in [0.25, 0.3) is 0 Å². The lowest BCUT2D eigenvalue weighted by Gasteiger charge is -2.09. The van der Waals surface area contributed by atoms with Crippen LogP contribution >= 0.6 is 11.3 Å². The molecule has 0 radical (unpaired) electrons. The summed E-state index contributed by atoms with van der Waals surface area (Å²) in [6, 6.07) is 6.72. The van der Waals surface area contributed by atoms with Gasteiger partial charge in [-0.05, 0) is 23.6 Å². The number of carbonyl (C=O) groups is 2. The largest absolute Gasteiger partial charge is 0.481 e. The SMILES string of the molecule is O=C(O)CC(C(=O)c1cccs1)c1ccco1. The minimum Gasteiger partial charge on any atom is -0.481 e. The zero-order chi connectivity index (χ0) is 12.3. The molecule has 0 aliphatic carbocycles. The Morgan fingerprint density at radius 2 is 2.18 bits per heavy atom. The van der Waals surface area contributed by atoms with Crippen molar-refractivity contribution < 1.29 is 19.1 Å². The van der Waals surface area contributed by atoms with Gasteiger partial charge in [0.2, 0.25) is 0 Å². The van der Waals surface area contributed by atoms with Gasteiger partial charge < -0.3 is 9.52 Å². The van der Waals surface area contributed by atoms with Crippen LogP contribution in [0.4, 0.5) is 0 Å². The van der Waals surface area contributed by atoms with E-state index in [0.29, 0.717) is 10.6 Å². The highest BCUT2D eigenvalue weighted by molar-refractivity contribution is 7.12. The van der Waals surface area contributed by atoms with E-state index in [2.05, 4.69) is 0 Å². The maximum absolute atomic E-state index is 12.1. The zero-order valence-electron chi connectivity index (χ0n) is 8.83. The minimum atomic E-state index is -1.02. The first-order valence-corrected chi connectivity index (χ1v) is 5.89. The van der Waals surface area contributed by atoms with Gasteiger partial charge in [0.1, 0.15) is 5.76 Å². The van der Waals surface area contributed by atoms with Gasteiger partial charge in [0.15, 0.2) is 5.78 Å². The van der Waals surface area contributed by atoms with E-state index >= 15 is 0 Å². The van der Waals surface area contributed by atoms with Crippen LogP contribution in [0.15, 0.2) is 40.3 Å². The number of hydrogen-bond donors (Lipinski definition) is 1. The van der Waals surface area contributed by atoms with E-state index in [1.54, 1.807) is 29.6 Å². The molecule has 0 bridgehead atoms. The van der Waals surface area contributed by atoms with Gasteiger partial charge in [-0.25, -0.2) is 0 Å². The van der Waals surface area contributed by atoms with Crippen LogP contribution in [0.2, 0.25) is 0 Å². The van der Waals surface area contributed by atoms with E-state index in [9.17, 15) is 9.59 Å². The van der Waals surface area contributed by atoms with Gasteiger partial charge in [0.25, 0.3) is 0 Å². The lowest BCUT2D eigenvalue weighted by atomic mass is 9.96. The summed E-state index contributed by atoms with van der Waals surface area (Å²) in [6.07, 6.45) is 1.18. The molecule has 2 aromatic heterocycles. The lowest BCUT2D eigenvalue weighted by Crippen LogP contribution is -2.15. The Bertz CT molecular complexity index is 499. The predicted molar refractivity (Wildman–Crippen MR) is 62.4 cm³/mol. The number of carboxylic acid groups (broad SMARTS) is 1. The summed E-state index contributed by atoms with van der Waals surface area (Å²) < 4.78 is 5.14. The van der Waals surface area contributed by atoms with Crippen LogP contribution in [-0.4, -0.2) is 16.9 Å². The van der Waals surface area contributed by atoms with Crippen LogP contribution in [0.3, 0.4) is 0 Å². The van der Waals surface area contributed by atoms with Crippen LogP contribution in [-0.2, 0) is 4.79 Å². The maximum atomic E-state index is 12.1. The summed E-state index contributed by atoms with van der Waals surface area (Å²) in [4.78, 5) is 23.5. The summed E-state index contributed by atoms with van der Waals surface area (Å²) in [5, 5.41) is 10.6. The molecule has 2 aromatic rings. The Kier molecular flexibility index (Phi) is 3.39. The molecule has 1 atom stereocenters. The second-order valence-electron chi connectivity index (χ2n) is 3.51. The molecule has 0 aromatic carbocycles. The van der Waals surface area contributed by atoms with Crippen molar-refractivity contribution in [3.63, 3.8) is 0 Å². The summed E-state index contributed by atoms with van der Waals surface area (Å²) in [6.45, 7) is 0. The van der Waals surface area contributed by atoms with E-state index in [4.69, 9.17) is 9.52 Å². The lowest BCUT2D eigenvalue weighted by molar-refractivity contribution is -0.137. The number of thiophene rings is 1. The molecule has 2 heterocycles. The first-order valence-electron chi connectivity index (χ1n) is 5.01. The third-order valence-electron chi connectivity index (χ3n) is 2.35. The molecule has 0 fully saturated rings. The Hall–Kier alpha value is -1.88. The van der Waals surface area contributed by atoms with E-state index in [1.807, 2.05) is 0 Å².